The third kappa shape index (κ3) is 3.97. The molecule has 0 saturated heterocycles. The molecular weight excluding hydrogens is 292 g/mol. The fraction of sp³-hybridized carbons (Fsp3) is 0.263. The van der Waals surface area contributed by atoms with Crippen LogP contribution in [0.1, 0.15) is 17.2 Å². The molecule has 0 unspecified atom stereocenters. The van der Waals surface area contributed by atoms with E-state index in [1.165, 1.54) is 11.8 Å². The Morgan fingerprint density at radius 2 is 1.57 bits per heavy atom. The van der Waals surface area contributed by atoms with Gasteiger partial charge in [-0.15, -0.1) is 0 Å². The first-order valence-electron chi connectivity index (χ1n) is 7.33. The van der Waals surface area contributed by atoms with Crippen LogP contribution in [0.15, 0.2) is 55.3 Å². The molecule has 23 heavy (non-hydrogen) atoms. The first-order valence-corrected chi connectivity index (χ1v) is 7.33. The van der Waals surface area contributed by atoms with Crippen molar-refractivity contribution in [2.24, 2.45) is 0 Å². The number of ether oxygens (including phenoxy) is 4. The average Bonchev–Trinajstić information content (AvgIpc) is 2.60. The molecule has 0 bridgehead atoms. The van der Waals surface area contributed by atoms with Crippen molar-refractivity contribution in [3.8, 4) is 17.2 Å². The minimum Gasteiger partial charge on any atom is -0.494 e. The Hall–Kier alpha value is -2.62. The second-order valence-corrected chi connectivity index (χ2v) is 4.94. The molecule has 2 aromatic carbocycles. The molecule has 4 heteroatoms. The van der Waals surface area contributed by atoms with Crippen molar-refractivity contribution in [3.05, 3.63) is 66.4 Å². The van der Waals surface area contributed by atoms with E-state index in [1.54, 1.807) is 21.3 Å². The summed E-state index contributed by atoms with van der Waals surface area (Å²) < 4.78 is 21.9. The predicted octanol–water partition coefficient (Wildman–Crippen LogP) is 4.16. The second kappa shape index (κ2) is 8.13. The molecule has 122 valence electrons. The maximum atomic E-state index is 5.72. The quantitative estimate of drug-likeness (QED) is 0.686. The molecule has 0 fully saturated rings. The summed E-state index contributed by atoms with van der Waals surface area (Å²) in [5.41, 5.74) is 2.11. The molecule has 0 N–H and O–H groups in total. The lowest BCUT2D eigenvalue weighted by molar-refractivity contribution is 0.146. The first kappa shape index (κ1) is 16.7. The van der Waals surface area contributed by atoms with Crippen LogP contribution in [0.3, 0.4) is 0 Å². The van der Waals surface area contributed by atoms with E-state index >= 15 is 0 Å². The molecule has 0 spiro atoms. The van der Waals surface area contributed by atoms with Crippen LogP contribution in [0, 0.1) is 0 Å². The van der Waals surface area contributed by atoms with Gasteiger partial charge in [-0.3, -0.25) is 0 Å². The minimum absolute atomic E-state index is 0.191. The van der Waals surface area contributed by atoms with E-state index in [0.717, 1.165) is 5.56 Å². The van der Waals surface area contributed by atoms with Gasteiger partial charge in [-0.2, -0.15) is 0 Å². The van der Waals surface area contributed by atoms with Gasteiger partial charge in [0.1, 0.15) is 6.10 Å². The lowest BCUT2D eigenvalue weighted by Gasteiger charge is -2.20. The molecular formula is C19H22O4. The summed E-state index contributed by atoms with van der Waals surface area (Å²) in [7, 11) is 4.78. The molecule has 1 atom stereocenters. The van der Waals surface area contributed by atoms with Gasteiger partial charge in [-0.25, -0.2) is 0 Å². The smallest absolute Gasteiger partial charge is 0.203 e. The van der Waals surface area contributed by atoms with Crippen LogP contribution in [-0.2, 0) is 11.2 Å². The topological polar surface area (TPSA) is 36.9 Å². The van der Waals surface area contributed by atoms with Crippen molar-refractivity contribution >= 4 is 0 Å². The lowest BCUT2D eigenvalue weighted by atomic mass is 10.0. The maximum Gasteiger partial charge on any atom is 0.203 e. The number of benzene rings is 2. The van der Waals surface area contributed by atoms with E-state index in [4.69, 9.17) is 18.9 Å². The van der Waals surface area contributed by atoms with Gasteiger partial charge < -0.3 is 18.9 Å². The van der Waals surface area contributed by atoms with Crippen LogP contribution in [0.4, 0.5) is 0 Å². The van der Waals surface area contributed by atoms with Crippen molar-refractivity contribution in [1.82, 2.24) is 0 Å². The molecule has 0 aliphatic carbocycles. The second-order valence-electron chi connectivity index (χ2n) is 4.94. The van der Waals surface area contributed by atoms with Crippen LogP contribution >= 0.6 is 0 Å². The molecule has 0 aromatic heterocycles. The lowest BCUT2D eigenvalue weighted by Crippen LogP contribution is -2.06. The van der Waals surface area contributed by atoms with Crippen LogP contribution in [0.5, 0.6) is 17.2 Å². The zero-order valence-electron chi connectivity index (χ0n) is 13.7. The van der Waals surface area contributed by atoms with Crippen molar-refractivity contribution in [2.75, 3.05) is 21.3 Å². The van der Waals surface area contributed by atoms with E-state index in [-0.39, 0.29) is 6.10 Å². The minimum atomic E-state index is -0.191. The number of hydrogen-bond acceptors (Lipinski definition) is 4. The Balaban J connectivity index is 2.40. The van der Waals surface area contributed by atoms with E-state index in [1.807, 2.05) is 30.3 Å². The standard InChI is InChI=1S/C19H22O4/c1-5-23-16(11-14-9-7-6-8-10-14)15-12-17(20-2)19(22-4)18(13-15)21-3/h5-10,12-13,16H,1,11H2,2-4H3/t16-/m0/s1. The summed E-state index contributed by atoms with van der Waals surface area (Å²) in [5.74, 6) is 1.77. The molecule has 0 radical (unpaired) electrons. The molecule has 0 aliphatic rings. The van der Waals surface area contributed by atoms with Gasteiger partial charge in [-0.05, 0) is 17.7 Å². The zero-order valence-corrected chi connectivity index (χ0v) is 13.7. The first-order chi connectivity index (χ1) is 11.2. The van der Waals surface area contributed by atoms with Gasteiger partial charge in [-0.1, -0.05) is 36.9 Å². The van der Waals surface area contributed by atoms with Crippen molar-refractivity contribution < 1.29 is 18.9 Å². The van der Waals surface area contributed by atoms with Gasteiger partial charge >= 0.3 is 0 Å². The van der Waals surface area contributed by atoms with Crippen molar-refractivity contribution in [2.45, 2.75) is 12.5 Å². The molecule has 4 nitrogen and oxygen atoms in total. The average molecular weight is 314 g/mol. The Bertz CT molecular complexity index is 612. The molecule has 2 aromatic rings. The van der Waals surface area contributed by atoms with E-state index in [2.05, 4.69) is 18.7 Å². The largest absolute Gasteiger partial charge is 0.494 e. The Morgan fingerprint density at radius 3 is 2.04 bits per heavy atom. The normalized spacial score (nSPS) is 11.4. The van der Waals surface area contributed by atoms with Gasteiger partial charge in [0.15, 0.2) is 11.5 Å². The Kier molecular flexibility index (Phi) is 5.92. The summed E-state index contributed by atoms with van der Waals surface area (Å²) in [6, 6.07) is 13.9. The van der Waals surface area contributed by atoms with E-state index in [0.29, 0.717) is 23.7 Å². The fourth-order valence-corrected chi connectivity index (χ4v) is 2.48. The molecule has 0 saturated carbocycles. The van der Waals surface area contributed by atoms with Crippen molar-refractivity contribution in [1.29, 1.82) is 0 Å². The highest BCUT2D eigenvalue weighted by Crippen LogP contribution is 2.40. The maximum absolute atomic E-state index is 5.72. The summed E-state index contributed by atoms with van der Waals surface area (Å²) in [6.45, 7) is 3.68. The molecule has 0 amide bonds. The van der Waals surface area contributed by atoms with Gasteiger partial charge in [0.2, 0.25) is 5.75 Å². The summed E-state index contributed by atoms with van der Waals surface area (Å²) in [6.07, 6.45) is 1.98. The van der Waals surface area contributed by atoms with Gasteiger partial charge in [0, 0.05) is 12.0 Å². The van der Waals surface area contributed by atoms with Crippen LogP contribution in [0.25, 0.3) is 0 Å². The zero-order chi connectivity index (χ0) is 16.7. The number of methoxy groups -OCH3 is 3. The highest BCUT2D eigenvalue weighted by molar-refractivity contribution is 5.54. The third-order valence-electron chi connectivity index (χ3n) is 3.58. The van der Waals surface area contributed by atoms with Crippen LogP contribution in [-0.4, -0.2) is 21.3 Å². The molecule has 0 heterocycles. The monoisotopic (exact) mass is 314 g/mol. The Morgan fingerprint density at radius 1 is 0.957 bits per heavy atom. The van der Waals surface area contributed by atoms with E-state index in [9.17, 15) is 0 Å². The van der Waals surface area contributed by atoms with Crippen LogP contribution < -0.4 is 14.2 Å². The predicted molar refractivity (Wildman–Crippen MR) is 90.3 cm³/mol. The molecule has 0 aliphatic heterocycles. The SMILES string of the molecule is C=CO[C@@H](Cc1ccccc1)c1cc(OC)c(OC)c(OC)c1. The fourth-order valence-electron chi connectivity index (χ4n) is 2.48. The van der Waals surface area contributed by atoms with Gasteiger partial charge in [0.25, 0.3) is 0 Å². The highest BCUT2D eigenvalue weighted by Gasteiger charge is 2.19. The summed E-state index contributed by atoms with van der Waals surface area (Å²) in [5, 5.41) is 0. The number of rotatable bonds is 8. The third-order valence-corrected chi connectivity index (χ3v) is 3.58. The number of hydrogen-bond donors (Lipinski definition) is 0. The highest BCUT2D eigenvalue weighted by atomic mass is 16.5. The van der Waals surface area contributed by atoms with E-state index < -0.39 is 0 Å². The summed E-state index contributed by atoms with van der Waals surface area (Å²) >= 11 is 0. The van der Waals surface area contributed by atoms with Gasteiger partial charge in [0.05, 0.1) is 27.6 Å². The molecule has 2 rings (SSSR count). The summed E-state index contributed by atoms with van der Waals surface area (Å²) in [4.78, 5) is 0. The van der Waals surface area contributed by atoms with Crippen molar-refractivity contribution in [3.63, 3.8) is 0 Å². The van der Waals surface area contributed by atoms with Crippen LogP contribution in [0.2, 0.25) is 0 Å². The Labute approximate surface area is 137 Å².